The minimum Gasteiger partial charge on any atom is -0.464 e. The third-order valence-corrected chi connectivity index (χ3v) is 3.07. The summed E-state index contributed by atoms with van der Waals surface area (Å²) in [5.74, 6) is -0.286. The molecule has 0 N–H and O–H groups in total. The van der Waals surface area contributed by atoms with Crippen LogP contribution in [-0.4, -0.2) is 22.1 Å². The van der Waals surface area contributed by atoms with E-state index in [1.54, 1.807) is 6.33 Å². The summed E-state index contributed by atoms with van der Waals surface area (Å²) < 4.78 is 7.44. The summed E-state index contributed by atoms with van der Waals surface area (Å²) in [4.78, 5) is 15.0. The van der Waals surface area contributed by atoms with E-state index in [1.807, 2.05) is 29.7 Å². The van der Waals surface area contributed by atoms with E-state index in [0.717, 1.165) is 21.1 Å². The van der Waals surface area contributed by atoms with Gasteiger partial charge in [0.25, 0.3) is 0 Å². The highest BCUT2D eigenvalue weighted by Gasteiger charge is 2.02. The van der Waals surface area contributed by atoms with Gasteiger partial charge in [0.2, 0.25) is 0 Å². The molecule has 0 saturated heterocycles. The molecule has 18 heavy (non-hydrogen) atoms. The van der Waals surface area contributed by atoms with Crippen molar-refractivity contribution in [1.29, 1.82) is 0 Å². The number of fused-ring (bicyclic) bond motifs is 1. The largest absolute Gasteiger partial charge is 0.464 e. The number of carbonyl (C=O) groups is 1. The maximum absolute atomic E-state index is 10.7. The molecule has 0 unspecified atom stereocenters. The Hall–Kier alpha value is -1.75. The van der Waals surface area contributed by atoms with Crippen molar-refractivity contribution in [1.82, 2.24) is 9.55 Å². The Kier molecular flexibility index (Phi) is 3.72. The summed E-state index contributed by atoms with van der Waals surface area (Å²) in [7, 11) is 0. The predicted octanol–water partition coefficient (Wildman–Crippen LogP) is 2.64. The Balaban J connectivity index is 2.32. The molecule has 1 aromatic heterocycles. The van der Waals surface area contributed by atoms with Crippen LogP contribution in [0.15, 0.2) is 24.5 Å². The van der Waals surface area contributed by atoms with Crippen LogP contribution in [0, 0.1) is 11.6 Å². The Bertz CT molecular complexity index is 649. The second-order valence-corrected chi connectivity index (χ2v) is 4.49. The first-order valence-corrected chi connectivity index (χ1v) is 6.08. The van der Waals surface area contributed by atoms with Crippen LogP contribution in [0.4, 0.5) is 0 Å². The van der Waals surface area contributed by atoms with E-state index < -0.39 is 0 Å². The summed E-state index contributed by atoms with van der Waals surface area (Å²) in [5.41, 5.74) is 2.03. The SMILES string of the molecule is CC(=O)OCCn1cnc2ccc(C)cc2c1=S. The lowest BCUT2D eigenvalue weighted by Crippen LogP contribution is -2.10. The van der Waals surface area contributed by atoms with Crippen LogP contribution in [0.25, 0.3) is 10.9 Å². The molecule has 0 atom stereocenters. The molecule has 0 aliphatic carbocycles. The van der Waals surface area contributed by atoms with Crippen LogP contribution in [0.1, 0.15) is 12.5 Å². The third kappa shape index (κ3) is 2.73. The molecule has 0 aliphatic heterocycles. The van der Waals surface area contributed by atoms with Crippen LogP contribution in [0.2, 0.25) is 0 Å². The zero-order chi connectivity index (χ0) is 13.1. The fraction of sp³-hybridized carbons (Fsp3) is 0.308. The highest BCUT2D eigenvalue weighted by molar-refractivity contribution is 7.71. The molecule has 0 fully saturated rings. The lowest BCUT2D eigenvalue weighted by atomic mass is 10.2. The summed E-state index contributed by atoms with van der Waals surface area (Å²) in [6.45, 7) is 4.24. The van der Waals surface area contributed by atoms with Crippen LogP contribution in [0.3, 0.4) is 0 Å². The molecule has 0 aliphatic rings. The van der Waals surface area contributed by atoms with Gasteiger partial charge in [-0.1, -0.05) is 23.8 Å². The number of hydrogen-bond acceptors (Lipinski definition) is 4. The van der Waals surface area contributed by atoms with Crippen LogP contribution in [-0.2, 0) is 16.1 Å². The van der Waals surface area contributed by atoms with Crippen molar-refractivity contribution in [2.75, 3.05) is 6.61 Å². The number of rotatable bonds is 3. The fourth-order valence-electron chi connectivity index (χ4n) is 1.72. The van der Waals surface area contributed by atoms with E-state index in [0.29, 0.717) is 13.2 Å². The first-order valence-electron chi connectivity index (χ1n) is 5.67. The highest BCUT2D eigenvalue weighted by Crippen LogP contribution is 2.14. The van der Waals surface area contributed by atoms with E-state index in [1.165, 1.54) is 6.92 Å². The predicted molar refractivity (Wildman–Crippen MR) is 71.9 cm³/mol. The molecule has 0 radical (unpaired) electrons. The molecule has 0 spiro atoms. The first-order chi connectivity index (χ1) is 8.58. The number of carbonyl (C=O) groups excluding carboxylic acids is 1. The number of benzene rings is 1. The van der Waals surface area contributed by atoms with Crippen molar-refractivity contribution >= 4 is 29.1 Å². The smallest absolute Gasteiger partial charge is 0.302 e. The topological polar surface area (TPSA) is 44.1 Å². The monoisotopic (exact) mass is 262 g/mol. The summed E-state index contributed by atoms with van der Waals surface area (Å²) in [5, 5.41) is 0.954. The average molecular weight is 262 g/mol. The second-order valence-electron chi connectivity index (χ2n) is 4.10. The molecule has 0 saturated carbocycles. The maximum Gasteiger partial charge on any atom is 0.302 e. The first kappa shape index (κ1) is 12.7. The highest BCUT2D eigenvalue weighted by atomic mass is 32.1. The van der Waals surface area contributed by atoms with Crippen molar-refractivity contribution in [3.05, 3.63) is 34.7 Å². The Morgan fingerprint density at radius 3 is 3.00 bits per heavy atom. The van der Waals surface area contributed by atoms with Gasteiger partial charge in [-0.05, 0) is 19.1 Å². The van der Waals surface area contributed by atoms with Crippen LogP contribution in [0.5, 0.6) is 0 Å². The van der Waals surface area contributed by atoms with Gasteiger partial charge in [-0.15, -0.1) is 0 Å². The molecule has 1 aromatic carbocycles. The van der Waals surface area contributed by atoms with Crippen molar-refractivity contribution in [2.24, 2.45) is 0 Å². The van der Waals surface area contributed by atoms with Gasteiger partial charge in [0.05, 0.1) is 18.4 Å². The van der Waals surface area contributed by atoms with E-state index in [9.17, 15) is 4.79 Å². The van der Waals surface area contributed by atoms with Crippen molar-refractivity contribution < 1.29 is 9.53 Å². The number of esters is 1. The normalized spacial score (nSPS) is 10.6. The maximum atomic E-state index is 10.7. The van der Waals surface area contributed by atoms with Crippen molar-refractivity contribution in [3.8, 4) is 0 Å². The minimum atomic E-state index is -0.286. The number of aryl methyl sites for hydroxylation is 1. The van der Waals surface area contributed by atoms with Crippen molar-refractivity contribution in [3.63, 3.8) is 0 Å². The third-order valence-electron chi connectivity index (χ3n) is 2.62. The van der Waals surface area contributed by atoms with E-state index in [2.05, 4.69) is 4.98 Å². The average Bonchev–Trinajstić information content (AvgIpc) is 2.32. The number of nitrogens with zero attached hydrogens (tertiary/aromatic N) is 2. The Morgan fingerprint density at radius 2 is 2.28 bits per heavy atom. The second kappa shape index (κ2) is 5.27. The quantitative estimate of drug-likeness (QED) is 0.630. The molecular weight excluding hydrogens is 248 g/mol. The van der Waals surface area contributed by atoms with Crippen LogP contribution >= 0.6 is 12.2 Å². The van der Waals surface area contributed by atoms with Gasteiger partial charge in [-0.2, -0.15) is 0 Å². The van der Waals surface area contributed by atoms with Crippen LogP contribution < -0.4 is 0 Å². The molecular formula is C13H14N2O2S. The number of ether oxygens (including phenoxy) is 1. The fourth-order valence-corrected chi connectivity index (χ4v) is 2.02. The molecule has 0 bridgehead atoms. The standard InChI is InChI=1S/C13H14N2O2S/c1-9-3-4-12-11(7-9)13(18)15(8-14-12)5-6-17-10(2)16/h3-4,7-8H,5-6H2,1-2H3. The molecule has 0 amide bonds. The summed E-state index contributed by atoms with van der Waals surface area (Å²) in [6.07, 6.45) is 1.68. The van der Waals surface area contributed by atoms with Gasteiger partial charge in [0.1, 0.15) is 11.2 Å². The van der Waals surface area contributed by atoms with Gasteiger partial charge in [-0.25, -0.2) is 4.98 Å². The summed E-state index contributed by atoms with van der Waals surface area (Å²) >= 11 is 5.41. The van der Waals surface area contributed by atoms with E-state index in [-0.39, 0.29) is 5.97 Å². The van der Waals surface area contributed by atoms with Gasteiger partial charge >= 0.3 is 5.97 Å². The van der Waals surface area contributed by atoms with Crippen molar-refractivity contribution in [2.45, 2.75) is 20.4 Å². The Morgan fingerprint density at radius 1 is 1.50 bits per heavy atom. The Labute approximate surface area is 110 Å². The number of aromatic nitrogens is 2. The van der Waals surface area contributed by atoms with Gasteiger partial charge < -0.3 is 9.30 Å². The minimum absolute atomic E-state index is 0.286. The van der Waals surface area contributed by atoms with E-state index >= 15 is 0 Å². The lowest BCUT2D eigenvalue weighted by molar-refractivity contribution is -0.141. The molecule has 2 rings (SSSR count). The molecule has 4 nitrogen and oxygen atoms in total. The molecule has 2 aromatic rings. The number of hydrogen-bond donors (Lipinski definition) is 0. The zero-order valence-corrected chi connectivity index (χ0v) is 11.2. The van der Waals surface area contributed by atoms with Gasteiger partial charge in [0.15, 0.2) is 0 Å². The molecule has 94 valence electrons. The van der Waals surface area contributed by atoms with Gasteiger partial charge in [-0.3, -0.25) is 4.79 Å². The molecule has 5 heteroatoms. The zero-order valence-electron chi connectivity index (χ0n) is 10.3. The summed E-state index contributed by atoms with van der Waals surface area (Å²) in [6, 6.07) is 5.98. The lowest BCUT2D eigenvalue weighted by Gasteiger charge is -2.08. The van der Waals surface area contributed by atoms with E-state index in [4.69, 9.17) is 17.0 Å². The van der Waals surface area contributed by atoms with Gasteiger partial charge in [0, 0.05) is 12.3 Å². The molecule has 1 heterocycles.